The molecule has 0 radical (unpaired) electrons. The van der Waals surface area contributed by atoms with Crippen LogP contribution in [0.5, 0.6) is 0 Å². The zero-order chi connectivity index (χ0) is 14.0. The molecule has 0 aliphatic rings. The van der Waals surface area contributed by atoms with Gasteiger partial charge in [-0.15, -0.1) is 0 Å². The first-order valence-corrected chi connectivity index (χ1v) is 6.08. The minimum atomic E-state index is -1.08. The van der Waals surface area contributed by atoms with Crippen molar-refractivity contribution in [1.29, 1.82) is 0 Å². The molecule has 0 aliphatic heterocycles. The Hall–Kier alpha value is -2.14. The van der Waals surface area contributed by atoms with E-state index in [-0.39, 0.29) is 5.91 Å². The third kappa shape index (κ3) is 2.66. The summed E-state index contributed by atoms with van der Waals surface area (Å²) in [6.07, 6.45) is 0. The molecule has 1 aromatic heterocycles. The van der Waals surface area contributed by atoms with E-state index >= 15 is 0 Å². The van der Waals surface area contributed by atoms with Crippen LogP contribution in [0, 0.1) is 6.92 Å². The number of nitrogens with one attached hydrogen (secondary N) is 1. The Bertz CT molecular complexity index is 587. The molecule has 5 nitrogen and oxygen atoms in total. The SMILES string of the molecule is Cc1cc(NC(=O)C(C)(N)c2ccccc2)n(C)n1. The van der Waals surface area contributed by atoms with Crippen molar-refractivity contribution in [3.8, 4) is 0 Å². The van der Waals surface area contributed by atoms with Crippen molar-refractivity contribution in [3.63, 3.8) is 0 Å². The van der Waals surface area contributed by atoms with Crippen molar-refractivity contribution in [2.24, 2.45) is 12.8 Å². The van der Waals surface area contributed by atoms with Gasteiger partial charge in [0.15, 0.2) is 0 Å². The molecule has 1 atom stereocenters. The molecule has 3 N–H and O–H groups in total. The van der Waals surface area contributed by atoms with Crippen molar-refractivity contribution in [3.05, 3.63) is 47.7 Å². The van der Waals surface area contributed by atoms with E-state index in [0.717, 1.165) is 11.3 Å². The van der Waals surface area contributed by atoms with E-state index in [2.05, 4.69) is 10.4 Å². The van der Waals surface area contributed by atoms with Gasteiger partial charge in [0.2, 0.25) is 5.91 Å². The highest BCUT2D eigenvalue weighted by Crippen LogP contribution is 2.20. The van der Waals surface area contributed by atoms with Crippen LogP contribution in [0.3, 0.4) is 0 Å². The zero-order valence-corrected chi connectivity index (χ0v) is 11.3. The molecular weight excluding hydrogens is 240 g/mol. The smallest absolute Gasteiger partial charge is 0.249 e. The lowest BCUT2D eigenvalue weighted by Gasteiger charge is -2.23. The highest BCUT2D eigenvalue weighted by Gasteiger charge is 2.30. The second-order valence-electron chi connectivity index (χ2n) is 4.82. The predicted octanol–water partition coefficient (Wildman–Crippen LogP) is 1.54. The second-order valence-corrected chi connectivity index (χ2v) is 4.82. The number of nitrogens with zero attached hydrogens (tertiary/aromatic N) is 2. The second kappa shape index (κ2) is 4.85. The van der Waals surface area contributed by atoms with Gasteiger partial charge in [0.25, 0.3) is 0 Å². The maximum Gasteiger partial charge on any atom is 0.249 e. The largest absolute Gasteiger partial charge is 0.314 e. The number of carbonyl (C=O) groups excluding carboxylic acids is 1. The van der Waals surface area contributed by atoms with Crippen molar-refractivity contribution in [1.82, 2.24) is 9.78 Å². The lowest BCUT2D eigenvalue weighted by atomic mass is 9.92. The molecule has 2 rings (SSSR count). The Morgan fingerprint density at radius 3 is 2.53 bits per heavy atom. The van der Waals surface area contributed by atoms with E-state index in [4.69, 9.17) is 5.73 Å². The Labute approximate surface area is 112 Å². The molecular formula is C14H18N4O. The van der Waals surface area contributed by atoms with Crippen molar-refractivity contribution in [2.75, 3.05) is 5.32 Å². The van der Waals surface area contributed by atoms with E-state index in [1.54, 1.807) is 24.7 Å². The van der Waals surface area contributed by atoms with Gasteiger partial charge in [0, 0.05) is 13.1 Å². The molecule has 0 saturated heterocycles. The Morgan fingerprint density at radius 2 is 2.00 bits per heavy atom. The summed E-state index contributed by atoms with van der Waals surface area (Å²) in [5, 5.41) is 6.99. The maximum atomic E-state index is 12.3. The summed E-state index contributed by atoms with van der Waals surface area (Å²) >= 11 is 0. The summed E-state index contributed by atoms with van der Waals surface area (Å²) in [6.45, 7) is 3.56. The van der Waals surface area contributed by atoms with Crippen LogP contribution in [0.1, 0.15) is 18.2 Å². The Balaban J connectivity index is 2.22. The fraction of sp³-hybridized carbons (Fsp3) is 0.286. The summed E-state index contributed by atoms with van der Waals surface area (Å²) in [7, 11) is 1.78. The van der Waals surface area contributed by atoms with E-state index in [9.17, 15) is 4.79 Å². The molecule has 19 heavy (non-hydrogen) atoms. The van der Waals surface area contributed by atoms with Gasteiger partial charge in [-0.1, -0.05) is 30.3 Å². The van der Waals surface area contributed by atoms with Crippen molar-refractivity contribution < 1.29 is 4.79 Å². The van der Waals surface area contributed by atoms with E-state index in [1.165, 1.54) is 0 Å². The summed E-state index contributed by atoms with van der Waals surface area (Å²) in [5.41, 5.74) is 6.67. The van der Waals surface area contributed by atoms with Crippen LogP contribution in [-0.2, 0) is 17.4 Å². The molecule has 0 bridgehead atoms. The fourth-order valence-electron chi connectivity index (χ4n) is 1.89. The topological polar surface area (TPSA) is 72.9 Å². The van der Waals surface area contributed by atoms with Gasteiger partial charge in [-0.05, 0) is 19.4 Å². The molecule has 0 fully saturated rings. The number of nitrogens with two attached hydrogens (primary N) is 1. The van der Waals surface area contributed by atoms with Crippen LogP contribution in [0.2, 0.25) is 0 Å². The Kier molecular flexibility index (Phi) is 3.40. The quantitative estimate of drug-likeness (QED) is 0.877. The fourth-order valence-corrected chi connectivity index (χ4v) is 1.89. The molecule has 1 aromatic carbocycles. The number of aryl methyl sites for hydroxylation is 2. The monoisotopic (exact) mass is 258 g/mol. The number of aromatic nitrogens is 2. The van der Waals surface area contributed by atoms with E-state index < -0.39 is 5.54 Å². The molecule has 1 heterocycles. The molecule has 1 unspecified atom stereocenters. The number of amides is 1. The van der Waals surface area contributed by atoms with Crippen molar-refractivity contribution in [2.45, 2.75) is 19.4 Å². The molecule has 0 spiro atoms. The van der Waals surface area contributed by atoms with Gasteiger partial charge in [0.05, 0.1) is 5.69 Å². The first-order valence-electron chi connectivity index (χ1n) is 6.08. The average Bonchev–Trinajstić information content (AvgIpc) is 2.69. The number of hydrogen-bond donors (Lipinski definition) is 2. The third-order valence-electron chi connectivity index (χ3n) is 3.09. The van der Waals surface area contributed by atoms with Gasteiger partial charge in [-0.3, -0.25) is 9.48 Å². The van der Waals surface area contributed by atoms with Crippen molar-refractivity contribution >= 4 is 11.7 Å². The van der Waals surface area contributed by atoms with Crippen LogP contribution in [-0.4, -0.2) is 15.7 Å². The number of carbonyl (C=O) groups is 1. The number of benzene rings is 1. The molecule has 5 heteroatoms. The average molecular weight is 258 g/mol. The maximum absolute atomic E-state index is 12.3. The molecule has 1 amide bonds. The van der Waals surface area contributed by atoms with Gasteiger partial charge < -0.3 is 11.1 Å². The number of hydrogen-bond acceptors (Lipinski definition) is 3. The molecule has 0 saturated carbocycles. The van der Waals surface area contributed by atoms with E-state index in [0.29, 0.717) is 5.82 Å². The van der Waals surface area contributed by atoms with Gasteiger partial charge >= 0.3 is 0 Å². The summed E-state index contributed by atoms with van der Waals surface area (Å²) in [4.78, 5) is 12.3. The highest BCUT2D eigenvalue weighted by molar-refractivity contribution is 5.97. The lowest BCUT2D eigenvalue weighted by molar-refractivity contribution is -0.120. The van der Waals surface area contributed by atoms with Crippen LogP contribution in [0.4, 0.5) is 5.82 Å². The Morgan fingerprint density at radius 1 is 1.37 bits per heavy atom. The van der Waals surface area contributed by atoms with Gasteiger partial charge in [0.1, 0.15) is 11.4 Å². The van der Waals surface area contributed by atoms with Crippen LogP contribution in [0.25, 0.3) is 0 Å². The van der Waals surface area contributed by atoms with E-state index in [1.807, 2.05) is 37.3 Å². The molecule has 100 valence electrons. The van der Waals surface area contributed by atoms with Gasteiger partial charge in [-0.2, -0.15) is 5.10 Å². The molecule has 0 aliphatic carbocycles. The third-order valence-corrected chi connectivity index (χ3v) is 3.09. The first-order chi connectivity index (χ1) is 8.91. The summed E-state index contributed by atoms with van der Waals surface area (Å²) < 4.78 is 1.62. The normalized spacial score (nSPS) is 13.9. The zero-order valence-electron chi connectivity index (χ0n) is 11.3. The summed E-state index contributed by atoms with van der Waals surface area (Å²) in [5.74, 6) is 0.372. The molecule has 2 aromatic rings. The predicted molar refractivity (Wildman–Crippen MR) is 74.6 cm³/mol. The standard InChI is InChI=1S/C14H18N4O/c1-10-9-12(18(3)17-10)16-13(19)14(2,15)11-7-5-4-6-8-11/h4-9H,15H2,1-3H3,(H,16,19). The van der Waals surface area contributed by atoms with Gasteiger partial charge in [-0.25, -0.2) is 0 Å². The van der Waals surface area contributed by atoms with Crippen LogP contribution < -0.4 is 11.1 Å². The minimum Gasteiger partial charge on any atom is -0.314 e. The lowest BCUT2D eigenvalue weighted by Crippen LogP contribution is -2.45. The minimum absolute atomic E-state index is 0.262. The number of rotatable bonds is 3. The first kappa shape index (κ1) is 13.3. The highest BCUT2D eigenvalue weighted by atomic mass is 16.2. The summed E-state index contributed by atoms with van der Waals surface area (Å²) in [6, 6.07) is 11.1. The number of anilines is 1. The van der Waals surface area contributed by atoms with Crippen LogP contribution in [0.15, 0.2) is 36.4 Å². The van der Waals surface area contributed by atoms with Crippen LogP contribution >= 0.6 is 0 Å².